The number of aryl methyl sites for hydroxylation is 1. The van der Waals surface area contributed by atoms with Crippen molar-refractivity contribution in [3.63, 3.8) is 0 Å². The van der Waals surface area contributed by atoms with E-state index in [0.717, 1.165) is 23.1 Å². The molecule has 1 aromatic carbocycles. The number of pyridine rings is 1. The van der Waals surface area contributed by atoms with Crippen LogP contribution in [-0.4, -0.2) is 19.6 Å². The van der Waals surface area contributed by atoms with E-state index < -0.39 is 0 Å². The van der Waals surface area contributed by atoms with Gasteiger partial charge in [-0.15, -0.1) is 0 Å². The van der Waals surface area contributed by atoms with Crippen LogP contribution in [0.25, 0.3) is 0 Å². The van der Waals surface area contributed by atoms with E-state index in [-0.39, 0.29) is 5.91 Å². The van der Waals surface area contributed by atoms with Gasteiger partial charge in [-0.2, -0.15) is 8.75 Å². The summed E-state index contributed by atoms with van der Waals surface area (Å²) < 4.78 is 14.0. The number of carbonyl (C=O) groups excluding carboxylic acids is 1. The zero-order valence-corrected chi connectivity index (χ0v) is 13.2. The fourth-order valence-corrected chi connectivity index (χ4v) is 2.45. The minimum absolute atomic E-state index is 0.201. The number of anilines is 1. The molecule has 0 bridgehead atoms. The van der Waals surface area contributed by atoms with Crippen LogP contribution in [0.3, 0.4) is 0 Å². The Morgan fingerprint density at radius 3 is 2.78 bits per heavy atom. The van der Waals surface area contributed by atoms with Gasteiger partial charge in [-0.05, 0) is 37.3 Å². The van der Waals surface area contributed by atoms with Crippen LogP contribution in [-0.2, 0) is 6.61 Å². The van der Waals surface area contributed by atoms with Crippen LogP contribution in [0.4, 0.5) is 5.69 Å². The summed E-state index contributed by atoms with van der Waals surface area (Å²) in [4.78, 5) is 16.2. The van der Waals surface area contributed by atoms with E-state index in [4.69, 9.17) is 4.74 Å². The van der Waals surface area contributed by atoms with Crippen molar-refractivity contribution in [1.29, 1.82) is 0 Å². The molecule has 0 saturated heterocycles. The third-order valence-electron chi connectivity index (χ3n) is 3.16. The Balaban J connectivity index is 1.67. The van der Waals surface area contributed by atoms with E-state index in [0.29, 0.717) is 23.6 Å². The van der Waals surface area contributed by atoms with Crippen LogP contribution in [0.1, 0.15) is 21.7 Å². The highest BCUT2D eigenvalue weighted by molar-refractivity contribution is 6.99. The summed E-state index contributed by atoms with van der Waals surface area (Å²) in [5.41, 5.74) is 2.89. The molecule has 6 nitrogen and oxygen atoms in total. The normalized spacial score (nSPS) is 10.3. The lowest BCUT2D eigenvalue weighted by atomic mass is 10.2. The minimum Gasteiger partial charge on any atom is -0.487 e. The van der Waals surface area contributed by atoms with E-state index in [1.54, 1.807) is 48.8 Å². The van der Waals surface area contributed by atoms with E-state index in [1.807, 2.05) is 6.92 Å². The van der Waals surface area contributed by atoms with Gasteiger partial charge in [0.25, 0.3) is 5.91 Å². The number of rotatable bonds is 5. The van der Waals surface area contributed by atoms with E-state index in [1.165, 1.54) is 0 Å². The molecule has 7 heteroatoms. The molecule has 0 saturated carbocycles. The van der Waals surface area contributed by atoms with Crippen molar-refractivity contribution in [3.8, 4) is 5.75 Å². The van der Waals surface area contributed by atoms with Gasteiger partial charge >= 0.3 is 0 Å². The molecule has 0 aliphatic rings. The van der Waals surface area contributed by atoms with Crippen LogP contribution in [0.2, 0.25) is 0 Å². The van der Waals surface area contributed by atoms with Crippen molar-refractivity contribution in [3.05, 3.63) is 65.7 Å². The minimum atomic E-state index is -0.201. The summed E-state index contributed by atoms with van der Waals surface area (Å²) in [6.07, 6.45) is 3.25. The average molecular weight is 326 g/mol. The second-order valence-corrected chi connectivity index (χ2v) is 5.33. The van der Waals surface area contributed by atoms with Gasteiger partial charge in [0.05, 0.1) is 17.4 Å². The molecule has 0 fully saturated rings. The van der Waals surface area contributed by atoms with Gasteiger partial charge in [0, 0.05) is 23.6 Å². The first-order valence-corrected chi connectivity index (χ1v) is 7.67. The van der Waals surface area contributed by atoms with Crippen LogP contribution in [0, 0.1) is 6.92 Å². The maximum absolute atomic E-state index is 12.2. The van der Waals surface area contributed by atoms with Gasteiger partial charge in [0.2, 0.25) is 0 Å². The highest BCUT2D eigenvalue weighted by Gasteiger charge is 2.09. The molecule has 23 heavy (non-hydrogen) atoms. The third kappa shape index (κ3) is 3.89. The molecule has 0 radical (unpaired) electrons. The van der Waals surface area contributed by atoms with Crippen molar-refractivity contribution < 1.29 is 9.53 Å². The van der Waals surface area contributed by atoms with Crippen molar-refractivity contribution in [2.24, 2.45) is 0 Å². The molecule has 0 atom stereocenters. The molecular weight excluding hydrogens is 312 g/mol. The standard InChI is InChI=1S/C16H14N4O2S/c1-11-15(20-23-19-11)10-22-14-4-2-3-12(9-14)16(21)18-13-5-7-17-8-6-13/h2-9H,10H2,1H3,(H,17,18,21). The Morgan fingerprint density at radius 2 is 2.04 bits per heavy atom. The molecular formula is C16H14N4O2S. The van der Waals surface area contributed by atoms with Crippen LogP contribution in [0.5, 0.6) is 5.75 Å². The number of hydrogen-bond donors (Lipinski definition) is 1. The first kappa shape index (κ1) is 15.1. The first-order chi connectivity index (χ1) is 11.2. The number of carbonyl (C=O) groups is 1. The molecule has 3 aromatic rings. The molecule has 0 aliphatic carbocycles. The van der Waals surface area contributed by atoms with Crippen molar-refractivity contribution >= 4 is 23.3 Å². The fourth-order valence-electron chi connectivity index (χ4n) is 1.90. The Kier molecular flexibility index (Phi) is 4.58. The second kappa shape index (κ2) is 6.97. The van der Waals surface area contributed by atoms with Crippen LogP contribution < -0.4 is 10.1 Å². The van der Waals surface area contributed by atoms with Crippen molar-refractivity contribution in [2.45, 2.75) is 13.5 Å². The van der Waals surface area contributed by atoms with Gasteiger partial charge in [-0.1, -0.05) is 6.07 Å². The van der Waals surface area contributed by atoms with Crippen LogP contribution in [0.15, 0.2) is 48.8 Å². The molecule has 0 spiro atoms. The predicted molar refractivity (Wildman–Crippen MR) is 87.6 cm³/mol. The summed E-state index contributed by atoms with van der Waals surface area (Å²) in [5.74, 6) is 0.410. The van der Waals surface area contributed by atoms with Gasteiger partial charge in [0.15, 0.2) is 0 Å². The molecule has 1 N–H and O–H groups in total. The zero-order chi connectivity index (χ0) is 16.1. The number of hydrogen-bond acceptors (Lipinski definition) is 6. The quantitative estimate of drug-likeness (QED) is 0.779. The van der Waals surface area contributed by atoms with Gasteiger partial charge < -0.3 is 10.1 Å². The Bertz CT molecular complexity index is 805. The molecule has 0 unspecified atom stereocenters. The number of ether oxygens (including phenoxy) is 1. The van der Waals surface area contributed by atoms with Gasteiger partial charge in [0.1, 0.15) is 18.1 Å². The van der Waals surface area contributed by atoms with Crippen molar-refractivity contribution in [1.82, 2.24) is 13.7 Å². The third-order valence-corrected chi connectivity index (χ3v) is 3.81. The Morgan fingerprint density at radius 1 is 1.22 bits per heavy atom. The predicted octanol–water partition coefficient (Wildman–Crippen LogP) is 3.07. The van der Waals surface area contributed by atoms with Crippen molar-refractivity contribution in [2.75, 3.05) is 5.32 Å². The van der Waals surface area contributed by atoms with Gasteiger partial charge in [-0.3, -0.25) is 9.78 Å². The van der Waals surface area contributed by atoms with E-state index in [9.17, 15) is 4.79 Å². The number of nitrogens with zero attached hydrogens (tertiary/aromatic N) is 3. The summed E-state index contributed by atoms with van der Waals surface area (Å²) in [6, 6.07) is 10.5. The number of aromatic nitrogens is 3. The molecule has 2 aromatic heterocycles. The Hall–Kier alpha value is -2.80. The lowest BCUT2D eigenvalue weighted by molar-refractivity contribution is 0.102. The highest BCUT2D eigenvalue weighted by atomic mass is 32.1. The zero-order valence-electron chi connectivity index (χ0n) is 12.4. The topological polar surface area (TPSA) is 77.0 Å². The summed E-state index contributed by atoms with van der Waals surface area (Å²) >= 11 is 1.16. The summed E-state index contributed by atoms with van der Waals surface area (Å²) in [6.45, 7) is 2.22. The fraction of sp³-hybridized carbons (Fsp3) is 0.125. The average Bonchev–Trinajstić information content (AvgIpc) is 2.99. The SMILES string of the molecule is Cc1nsnc1COc1cccc(C(=O)Nc2ccncc2)c1. The van der Waals surface area contributed by atoms with Crippen LogP contribution >= 0.6 is 11.7 Å². The monoisotopic (exact) mass is 326 g/mol. The maximum atomic E-state index is 12.2. The highest BCUT2D eigenvalue weighted by Crippen LogP contribution is 2.17. The smallest absolute Gasteiger partial charge is 0.255 e. The lowest BCUT2D eigenvalue weighted by Gasteiger charge is -2.08. The van der Waals surface area contributed by atoms with E-state index in [2.05, 4.69) is 19.0 Å². The number of nitrogens with one attached hydrogen (secondary N) is 1. The van der Waals surface area contributed by atoms with Gasteiger partial charge in [-0.25, -0.2) is 0 Å². The Labute approximate surface area is 137 Å². The lowest BCUT2D eigenvalue weighted by Crippen LogP contribution is -2.12. The molecule has 1 amide bonds. The number of benzene rings is 1. The number of amides is 1. The summed E-state index contributed by atoms with van der Waals surface area (Å²) in [5, 5.41) is 2.81. The second-order valence-electron chi connectivity index (χ2n) is 4.80. The van der Waals surface area contributed by atoms with E-state index >= 15 is 0 Å². The summed E-state index contributed by atoms with van der Waals surface area (Å²) in [7, 11) is 0. The molecule has 116 valence electrons. The molecule has 2 heterocycles. The molecule has 0 aliphatic heterocycles. The first-order valence-electron chi connectivity index (χ1n) is 6.94. The molecule has 3 rings (SSSR count). The largest absolute Gasteiger partial charge is 0.487 e. The maximum Gasteiger partial charge on any atom is 0.255 e.